The molecule has 1 unspecified atom stereocenters. The van der Waals surface area contributed by atoms with E-state index in [0.717, 1.165) is 25.3 Å². The molecule has 112 valence electrons. The maximum absolute atomic E-state index is 10.7. The van der Waals surface area contributed by atoms with Crippen molar-refractivity contribution in [2.75, 3.05) is 24.5 Å². The Labute approximate surface area is 127 Å². The van der Waals surface area contributed by atoms with Gasteiger partial charge in [0.2, 0.25) is 0 Å². The van der Waals surface area contributed by atoms with Crippen molar-refractivity contribution in [3.63, 3.8) is 0 Å². The molecule has 0 radical (unpaired) electrons. The molecular formula is C13H16ClN5O2. The van der Waals surface area contributed by atoms with Gasteiger partial charge in [0.15, 0.2) is 0 Å². The maximum Gasteiger partial charge on any atom is 0.271 e. The van der Waals surface area contributed by atoms with E-state index in [1.165, 1.54) is 12.1 Å². The number of anilines is 1. The van der Waals surface area contributed by atoms with Gasteiger partial charge in [-0.05, 0) is 24.9 Å². The number of nitro benzene ring substituents is 1. The van der Waals surface area contributed by atoms with Crippen LogP contribution in [0.1, 0.15) is 6.42 Å². The van der Waals surface area contributed by atoms with E-state index in [1.54, 1.807) is 12.3 Å². The second-order valence-electron chi connectivity index (χ2n) is 4.99. The SMILES string of the molecule is Cl.NCC1CCN(c2cnc3cc([N+](=O)[O-])ccc3n2)C1. The Bertz CT molecular complexity index is 666. The van der Waals surface area contributed by atoms with E-state index < -0.39 is 4.92 Å². The maximum atomic E-state index is 10.7. The van der Waals surface area contributed by atoms with Crippen molar-refractivity contribution in [1.82, 2.24) is 9.97 Å². The van der Waals surface area contributed by atoms with Gasteiger partial charge in [0.1, 0.15) is 5.82 Å². The molecule has 8 heteroatoms. The van der Waals surface area contributed by atoms with Crippen LogP contribution in [0.2, 0.25) is 0 Å². The van der Waals surface area contributed by atoms with Crippen molar-refractivity contribution in [2.24, 2.45) is 11.7 Å². The summed E-state index contributed by atoms with van der Waals surface area (Å²) in [5, 5.41) is 10.7. The van der Waals surface area contributed by atoms with Crippen molar-refractivity contribution in [3.8, 4) is 0 Å². The van der Waals surface area contributed by atoms with Crippen molar-refractivity contribution < 1.29 is 4.92 Å². The summed E-state index contributed by atoms with van der Waals surface area (Å²) >= 11 is 0. The van der Waals surface area contributed by atoms with Crippen LogP contribution >= 0.6 is 12.4 Å². The van der Waals surface area contributed by atoms with Crippen LogP contribution in [0, 0.1) is 16.0 Å². The molecule has 0 spiro atoms. The van der Waals surface area contributed by atoms with Crippen LogP contribution in [0.3, 0.4) is 0 Å². The van der Waals surface area contributed by atoms with E-state index in [0.29, 0.717) is 23.5 Å². The summed E-state index contributed by atoms with van der Waals surface area (Å²) in [6.07, 6.45) is 2.74. The first-order valence-corrected chi connectivity index (χ1v) is 6.53. The molecule has 3 rings (SSSR count). The van der Waals surface area contributed by atoms with Crippen molar-refractivity contribution >= 4 is 34.9 Å². The predicted molar refractivity (Wildman–Crippen MR) is 82.8 cm³/mol. The molecule has 1 aromatic carbocycles. The lowest BCUT2D eigenvalue weighted by atomic mass is 10.1. The summed E-state index contributed by atoms with van der Waals surface area (Å²) in [7, 11) is 0. The van der Waals surface area contributed by atoms with Gasteiger partial charge in [0.05, 0.1) is 22.2 Å². The molecular weight excluding hydrogens is 294 g/mol. The third-order valence-electron chi connectivity index (χ3n) is 3.67. The van der Waals surface area contributed by atoms with Crippen molar-refractivity contribution in [3.05, 3.63) is 34.5 Å². The van der Waals surface area contributed by atoms with Gasteiger partial charge in [-0.2, -0.15) is 0 Å². The van der Waals surface area contributed by atoms with Crippen molar-refractivity contribution in [2.45, 2.75) is 6.42 Å². The number of benzene rings is 1. The first-order chi connectivity index (χ1) is 9.67. The molecule has 1 aromatic heterocycles. The monoisotopic (exact) mass is 309 g/mol. The van der Waals surface area contributed by atoms with E-state index in [1.807, 2.05) is 0 Å². The smallest absolute Gasteiger partial charge is 0.271 e. The van der Waals surface area contributed by atoms with Crippen LogP contribution < -0.4 is 10.6 Å². The number of nitrogens with two attached hydrogens (primary N) is 1. The summed E-state index contributed by atoms with van der Waals surface area (Å²) in [4.78, 5) is 21.3. The standard InChI is InChI=1S/C13H15N5O2.ClH/c14-6-9-3-4-17(8-9)13-7-15-12-5-10(18(19)20)1-2-11(12)16-13;/h1-2,5,7,9H,3-4,6,8,14H2;1H. The summed E-state index contributed by atoms with van der Waals surface area (Å²) in [6.45, 7) is 2.50. The van der Waals surface area contributed by atoms with Crippen LogP contribution in [-0.2, 0) is 0 Å². The van der Waals surface area contributed by atoms with Gasteiger partial charge in [-0.1, -0.05) is 0 Å². The number of aromatic nitrogens is 2. The largest absolute Gasteiger partial charge is 0.355 e. The highest BCUT2D eigenvalue weighted by Crippen LogP contribution is 2.24. The topological polar surface area (TPSA) is 98.2 Å². The van der Waals surface area contributed by atoms with Gasteiger partial charge >= 0.3 is 0 Å². The molecule has 1 saturated heterocycles. The normalized spacial score (nSPS) is 17.8. The van der Waals surface area contributed by atoms with Crippen molar-refractivity contribution in [1.29, 1.82) is 0 Å². The molecule has 1 aliphatic rings. The zero-order chi connectivity index (χ0) is 14.1. The predicted octanol–water partition coefficient (Wildman–Crippen LogP) is 1.74. The fourth-order valence-electron chi connectivity index (χ4n) is 2.49. The van der Waals surface area contributed by atoms with Gasteiger partial charge in [-0.25, -0.2) is 4.98 Å². The van der Waals surface area contributed by atoms with Gasteiger partial charge in [-0.3, -0.25) is 15.1 Å². The molecule has 0 bridgehead atoms. The molecule has 0 amide bonds. The first-order valence-electron chi connectivity index (χ1n) is 6.53. The van der Waals surface area contributed by atoms with E-state index in [2.05, 4.69) is 14.9 Å². The number of non-ortho nitro benzene ring substituents is 1. The zero-order valence-corrected chi connectivity index (χ0v) is 12.1. The molecule has 1 atom stereocenters. The van der Waals surface area contributed by atoms with E-state index >= 15 is 0 Å². The highest BCUT2D eigenvalue weighted by molar-refractivity contribution is 5.85. The van der Waals surface area contributed by atoms with E-state index in [4.69, 9.17) is 5.73 Å². The lowest BCUT2D eigenvalue weighted by Gasteiger charge is -2.17. The fraction of sp³-hybridized carbons (Fsp3) is 0.385. The summed E-state index contributed by atoms with van der Waals surface area (Å²) in [5.74, 6) is 1.31. The lowest BCUT2D eigenvalue weighted by Crippen LogP contribution is -2.23. The van der Waals surface area contributed by atoms with Gasteiger partial charge in [0, 0.05) is 25.2 Å². The second-order valence-corrected chi connectivity index (χ2v) is 4.99. The second kappa shape index (κ2) is 6.19. The van der Waals surface area contributed by atoms with Crippen LogP contribution in [-0.4, -0.2) is 34.5 Å². The zero-order valence-electron chi connectivity index (χ0n) is 11.3. The molecule has 21 heavy (non-hydrogen) atoms. The minimum atomic E-state index is -0.429. The van der Waals surface area contributed by atoms with Gasteiger partial charge < -0.3 is 10.6 Å². The third kappa shape index (κ3) is 3.03. The number of rotatable bonds is 3. The summed E-state index contributed by atoms with van der Waals surface area (Å²) in [6, 6.07) is 4.53. The molecule has 0 aliphatic carbocycles. The van der Waals surface area contributed by atoms with Gasteiger partial charge in [-0.15, -0.1) is 12.4 Å². The highest BCUT2D eigenvalue weighted by atomic mass is 35.5. The highest BCUT2D eigenvalue weighted by Gasteiger charge is 2.22. The molecule has 1 fully saturated rings. The summed E-state index contributed by atoms with van der Waals surface area (Å²) < 4.78 is 0. The van der Waals surface area contributed by atoms with Crippen LogP contribution in [0.5, 0.6) is 0 Å². The van der Waals surface area contributed by atoms with E-state index in [9.17, 15) is 10.1 Å². The van der Waals surface area contributed by atoms with Crippen LogP contribution in [0.4, 0.5) is 11.5 Å². The van der Waals surface area contributed by atoms with E-state index in [-0.39, 0.29) is 18.1 Å². The number of fused-ring (bicyclic) bond motifs is 1. The average Bonchev–Trinajstić information content (AvgIpc) is 2.95. The minimum Gasteiger partial charge on any atom is -0.355 e. The Morgan fingerprint density at radius 3 is 2.90 bits per heavy atom. The third-order valence-corrected chi connectivity index (χ3v) is 3.67. The molecule has 7 nitrogen and oxygen atoms in total. The molecule has 2 aromatic rings. The Morgan fingerprint density at radius 2 is 2.24 bits per heavy atom. The minimum absolute atomic E-state index is 0. The molecule has 1 aliphatic heterocycles. The number of nitro groups is 1. The Morgan fingerprint density at radius 1 is 1.43 bits per heavy atom. The first kappa shape index (κ1) is 15.4. The molecule has 2 heterocycles. The van der Waals surface area contributed by atoms with Crippen LogP contribution in [0.15, 0.2) is 24.4 Å². The number of nitrogens with zero attached hydrogens (tertiary/aromatic N) is 4. The molecule has 2 N–H and O–H groups in total. The number of hydrogen-bond acceptors (Lipinski definition) is 6. The molecule has 0 saturated carbocycles. The number of hydrogen-bond donors (Lipinski definition) is 1. The Hall–Kier alpha value is -1.99. The Kier molecular flexibility index (Phi) is 4.54. The average molecular weight is 310 g/mol. The number of halogens is 1. The van der Waals surface area contributed by atoms with Gasteiger partial charge in [0.25, 0.3) is 5.69 Å². The summed E-state index contributed by atoms with van der Waals surface area (Å²) in [5.41, 5.74) is 6.92. The Balaban J connectivity index is 0.00000161. The lowest BCUT2D eigenvalue weighted by molar-refractivity contribution is -0.384. The fourth-order valence-corrected chi connectivity index (χ4v) is 2.49. The van der Waals surface area contributed by atoms with Crippen LogP contribution in [0.25, 0.3) is 11.0 Å². The quantitative estimate of drug-likeness (QED) is 0.685.